The summed E-state index contributed by atoms with van der Waals surface area (Å²) in [4.78, 5) is 9.00. The quantitative estimate of drug-likeness (QED) is 0.467. The number of nitrogens with zero attached hydrogens (tertiary/aromatic N) is 3. The second-order valence-electron chi connectivity index (χ2n) is 7.71. The standard InChI is InChI=1S/C17H34N4O2S/c1-15-8-5-6-10-20(15)11-7-9-19-16(18-4)21-12-13-24(22,23)17(2,3)14-21/h15H,5-14H2,1-4H3,(H,18,19). The van der Waals surface area contributed by atoms with Crippen molar-refractivity contribution in [1.29, 1.82) is 0 Å². The smallest absolute Gasteiger partial charge is 0.193 e. The molecule has 0 spiro atoms. The molecule has 0 amide bonds. The highest BCUT2D eigenvalue weighted by Crippen LogP contribution is 2.23. The molecule has 2 heterocycles. The lowest BCUT2D eigenvalue weighted by Gasteiger charge is -2.39. The van der Waals surface area contributed by atoms with Crippen LogP contribution in [0.15, 0.2) is 4.99 Å². The summed E-state index contributed by atoms with van der Waals surface area (Å²) in [6, 6.07) is 0.700. The lowest BCUT2D eigenvalue weighted by atomic mass is 10.0. The molecule has 7 heteroatoms. The van der Waals surface area contributed by atoms with Gasteiger partial charge in [-0.15, -0.1) is 0 Å². The summed E-state index contributed by atoms with van der Waals surface area (Å²) in [6.45, 7) is 10.2. The van der Waals surface area contributed by atoms with Crippen molar-refractivity contribution in [3.63, 3.8) is 0 Å². The minimum atomic E-state index is -3.01. The second-order valence-corrected chi connectivity index (χ2v) is 10.5. The van der Waals surface area contributed by atoms with Crippen molar-refractivity contribution in [1.82, 2.24) is 15.1 Å². The molecule has 0 aromatic carbocycles. The van der Waals surface area contributed by atoms with Gasteiger partial charge in [-0.1, -0.05) is 6.42 Å². The minimum Gasteiger partial charge on any atom is -0.356 e. The maximum Gasteiger partial charge on any atom is 0.193 e. The normalized spacial score (nSPS) is 27.9. The van der Waals surface area contributed by atoms with Gasteiger partial charge in [0.25, 0.3) is 0 Å². The second kappa shape index (κ2) is 8.04. The molecule has 0 radical (unpaired) electrons. The molecule has 0 aromatic heterocycles. The number of likely N-dealkylation sites (tertiary alicyclic amines) is 1. The molecule has 1 atom stereocenters. The fraction of sp³-hybridized carbons (Fsp3) is 0.941. The number of nitrogens with one attached hydrogen (secondary N) is 1. The van der Waals surface area contributed by atoms with Gasteiger partial charge in [-0.25, -0.2) is 8.42 Å². The van der Waals surface area contributed by atoms with Crippen LogP contribution in [0.1, 0.15) is 46.5 Å². The first kappa shape index (κ1) is 19.5. The highest BCUT2D eigenvalue weighted by atomic mass is 32.2. The molecule has 2 saturated heterocycles. The molecular formula is C17H34N4O2S. The molecule has 2 aliphatic rings. The number of piperidine rings is 1. The molecule has 1 unspecified atom stereocenters. The van der Waals surface area contributed by atoms with Crippen LogP contribution < -0.4 is 5.32 Å². The van der Waals surface area contributed by atoms with E-state index in [2.05, 4.69) is 27.0 Å². The van der Waals surface area contributed by atoms with Crippen molar-refractivity contribution in [2.24, 2.45) is 4.99 Å². The van der Waals surface area contributed by atoms with Gasteiger partial charge in [0.2, 0.25) is 0 Å². The molecule has 6 nitrogen and oxygen atoms in total. The Hall–Kier alpha value is -0.820. The number of aliphatic imine (C=N–C) groups is 1. The molecule has 1 N–H and O–H groups in total. The maximum absolute atomic E-state index is 12.1. The van der Waals surface area contributed by atoms with Crippen molar-refractivity contribution in [3.8, 4) is 0 Å². The van der Waals surface area contributed by atoms with Gasteiger partial charge in [0.15, 0.2) is 15.8 Å². The summed E-state index contributed by atoms with van der Waals surface area (Å²) >= 11 is 0. The molecule has 2 rings (SSSR count). The van der Waals surface area contributed by atoms with Crippen LogP contribution in [0.5, 0.6) is 0 Å². The molecule has 0 bridgehead atoms. The van der Waals surface area contributed by atoms with Gasteiger partial charge in [0.1, 0.15) is 0 Å². The molecule has 0 saturated carbocycles. The molecule has 140 valence electrons. The molecular weight excluding hydrogens is 324 g/mol. The SMILES string of the molecule is CN=C(NCCCN1CCCCC1C)N1CCS(=O)(=O)C(C)(C)C1. The summed E-state index contributed by atoms with van der Waals surface area (Å²) in [5.74, 6) is 1.02. The van der Waals surface area contributed by atoms with Gasteiger partial charge in [0.05, 0.1) is 10.5 Å². The maximum atomic E-state index is 12.1. The van der Waals surface area contributed by atoms with Crippen LogP contribution in [0.3, 0.4) is 0 Å². The first-order valence-electron chi connectivity index (χ1n) is 9.19. The van der Waals surface area contributed by atoms with Gasteiger partial charge < -0.3 is 15.1 Å². The van der Waals surface area contributed by atoms with Crippen molar-refractivity contribution < 1.29 is 8.42 Å². The lowest BCUT2D eigenvalue weighted by molar-refractivity contribution is 0.159. The summed E-state index contributed by atoms with van der Waals surface area (Å²) in [5, 5.41) is 3.41. The van der Waals surface area contributed by atoms with E-state index in [1.807, 2.05) is 0 Å². The topological polar surface area (TPSA) is 65.0 Å². The molecule has 0 aromatic rings. The highest BCUT2D eigenvalue weighted by Gasteiger charge is 2.40. The summed E-state index contributed by atoms with van der Waals surface area (Å²) in [7, 11) is -1.24. The number of sulfone groups is 1. The third-order valence-electron chi connectivity index (χ3n) is 5.40. The first-order chi connectivity index (χ1) is 11.3. The Bertz CT molecular complexity index is 545. The van der Waals surface area contributed by atoms with Crippen molar-refractivity contribution in [2.75, 3.05) is 45.5 Å². The lowest BCUT2D eigenvalue weighted by Crippen LogP contribution is -2.57. The summed E-state index contributed by atoms with van der Waals surface area (Å²) in [6.07, 6.45) is 5.07. The number of hydrogen-bond acceptors (Lipinski definition) is 4. The monoisotopic (exact) mass is 358 g/mol. The molecule has 2 fully saturated rings. The van der Waals surface area contributed by atoms with Crippen molar-refractivity contribution in [3.05, 3.63) is 0 Å². The van der Waals surface area contributed by atoms with Gasteiger partial charge in [-0.2, -0.15) is 0 Å². The zero-order chi connectivity index (χ0) is 17.8. The molecule has 0 aliphatic carbocycles. The highest BCUT2D eigenvalue weighted by molar-refractivity contribution is 7.92. The van der Waals surface area contributed by atoms with Crippen LogP contribution >= 0.6 is 0 Å². The van der Waals surface area contributed by atoms with Gasteiger partial charge in [-0.05, 0) is 46.6 Å². The van der Waals surface area contributed by atoms with E-state index in [0.29, 0.717) is 19.1 Å². The Labute approximate surface area is 147 Å². The fourth-order valence-corrected chi connectivity index (χ4v) is 4.99. The Morgan fingerprint density at radius 2 is 2.04 bits per heavy atom. The number of rotatable bonds is 4. The molecule has 2 aliphatic heterocycles. The third kappa shape index (κ3) is 4.63. The Morgan fingerprint density at radius 3 is 2.67 bits per heavy atom. The molecule has 24 heavy (non-hydrogen) atoms. The van der Waals surface area contributed by atoms with E-state index < -0.39 is 14.6 Å². The number of hydrogen-bond donors (Lipinski definition) is 1. The Kier molecular flexibility index (Phi) is 6.53. The first-order valence-corrected chi connectivity index (χ1v) is 10.8. The van der Waals surface area contributed by atoms with Gasteiger partial charge in [0, 0.05) is 39.3 Å². The van der Waals surface area contributed by atoms with E-state index in [1.54, 1.807) is 20.9 Å². The average Bonchev–Trinajstić information content (AvgIpc) is 2.52. The largest absolute Gasteiger partial charge is 0.356 e. The minimum absolute atomic E-state index is 0.200. The van der Waals surface area contributed by atoms with Crippen LogP contribution in [0.4, 0.5) is 0 Å². The van der Waals surface area contributed by atoms with E-state index in [1.165, 1.54) is 25.8 Å². The average molecular weight is 359 g/mol. The number of guanidine groups is 1. The van der Waals surface area contributed by atoms with Crippen LogP contribution in [-0.4, -0.2) is 80.5 Å². The van der Waals surface area contributed by atoms with E-state index in [-0.39, 0.29) is 5.75 Å². The third-order valence-corrected chi connectivity index (χ3v) is 7.93. The Balaban J connectivity index is 1.79. The van der Waals surface area contributed by atoms with E-state index in [0.717, 1.165) is 25.5 Å². The summed E-state index contributed by atoms with van der Waals surface area (Å²) in [5.41, 5.74) is 0. The van der Waals surface area contributed by atoms with Crippen LogP contribution in [0.25, 0.3) is 0 Å². The Morgan fingerprint density at radius 1 is 1.29 bits per heavy atom. The van der Waals surface area contributed by atoms with Gasteiger partial charge >= 0.3 is 0 Å². The zero-order valence-corrected chi connectivity index (χ0v) is 16.5. The van der Waals surface area contributed by atoms with E-state index in [4.69, 9.17) is 0 Å². The van der Waals surface area contributed by atoms with Crippen LogP contribution in [0.2, 0.25) is 0 Å². The van der Waals surface area contributed by atoms with Crippen molar-refractivity contribution >= 4 is 15.8 Å². The fourth-order valence-electron chi connectivity index (χ4n) is 3.63. The van der Waals surface area contributed by atoms with Crippen LogP contribution in [-0.2, 0) is 9.84 Å². The zero-order valence-electron chi connectivity index (χ0n) is 15.7. The van der Waals surface area contributed by atoms with Crippen LogP contribution in [0, 0.1) is 0 Å². The predicted octanol–water partition coefficient (Wildman–Crippen LogP) is 1.34. The van der Waals surface area contributed by atoms with Gasteiger partial charge in [-0.3, -0.25) is 4.99 Å². The predicted molar refractivity (Wildman–Crippen MR) is 100 cm³/mol. The van der Waals surface area contributed by atoms with E-state index in [9.17, 15) is 8.42 Å². The summed E-state index contributed by atoms with van der Waals surface area (Å²) < 4.78 is 23.6. The van der Waals surface area contributed by atoms with E-state index >= 15 is 0 Å². The van der Waals surface area contributed by atoms with Crippen molar-refractivity contribution in [2.45, 2.75) is 57.2 Å².